The summed E-state index contributed by atoms with van der Waals surface area (Å²) in [6, 6.07) is 11.4. The number of aromatic amines is 1. The fraction of sp³-hybridized carbons (Fsp3) is 0.222. The molecule has 0 aliphatic carbocycles. The lowest BCUT2D eigenvalue weighted by atomic mass is 10.2. The first-order chi connectivity index (χ1) is 12.2. The van der Waals surface area contributed by atoms with Gasteiger partial charge in [-0.2, -0.15) is 5.10 Å². The van der Waals surface area contributed by atoms with Gasteiger partial charge in [-0.3, -0.25) is 0 Å². The summed E-state index contributed by atoms with van der Waals surface area (Å²) in [7, 11) is 3.18. The van der Waals surface area contributed by atoms with E-state index >= 15 is 0 Å². The molecular weight excluding hydrogens is 320 g/mol. The van der Waals surface area contributed by atoms with Gasteiger partial charge in [0.05, 0.1) is 38.1 Å². The van der Waals surface area contributed by atoms with Gasteiger partial charge in [0.25, 0.3) is 0 Å². The maximum Gasteiger partial charge on any atom is 0.222 e. The smallest absolute Gasteiger partial charge is 0.222 e. The second-order valence-corrected chi connectivity index (χ2v) is 5.16. The van der Waals surface area contributed by atoms with Crippen LogP contribution in [-0.4, -0.2) is 37.0 Å². The zero-order chi connectivity index (χ0) is 17.6. The van der Waals surface area contributed by atoms with Crippen molar-refractivity contribution in [3.8, 4) is 17.2 Å². The minimum atomic E-state index is 0.522. The number of imidazole rings is 1. The third-order valence-electron chi connectivity index (χ3n) is 3.55. The molecule has 0 atom stereocenters. The maximum atomic E-state index is 5.59. The van der Waals surface area contributed by atoms with Crippen molar-refractivity contribution in [2.24, 2.45) is 5.10 Å². The Morgan fingerprint density at radius 1 is 1.16 bits per heavy atom. The van der Waals surface area contributed by atoms with E-state index in [1.54, 1.807) is 20.4 Å². The predicted molar refractivity (Wildman–Crippen MR) is 98.0 cm³/mol. The molecule has 0 bridgehead atoms. The number of nitrogens with one attached hydrogen (secondary N) is 2. The summed E-state index contributed by atoms with van der Waals surface area (Å²) in [5.41, 5.74) is 5.52. The summed E-state index contributed by atoms with van der Waals surface area (Å²) in [6.07, 6.45) is 1.66. The van der Waals surface area contributed by atoms with Crippen molar-refractivity contribution >= 4 is 23.2 Å². The zero-order valence-corrected chi connectivity index (χ0v) is 14.4. The van der Waals surface area contributed by atoms with Crippen LogP contribution in [-0.2, 0) is 0 Å². The van der Waals surface area contributed by atoms with E-state index in [-0.39, 0.29) is 0 Å². The molecule has 130 valence electrons. The quantitative estimate of drug-likeness (QED) is 0.509. The summed E-state index contributed by atoms with van der Waals surface area (Å²) < 4.78 is 16.3. The van der Waals surface area contributed by atoms with Crippen LogP contribution in [0.2, 0.25) is 0 Å². The zero-order valence-electron chi connectivity index (χ0n) is 14.4. The van der Waals surface area contributed by atoms with Crippen LogP contribution in [0.4, 0.5) is 5.95 Å². The summed E-state index contributed by atoms with van der Waals surface area (Å²) in [5, 5.41) is 4.21. The van der Waals surface area contributed by atoms with E-state index in [2.05, 4.69) is 20.5 Å². The average molecular weight is 340 g/mol. The molecule has 1 heterocycles. The van der Waals surface area contributed by atoms with Crippen LogP contribution in [0.1, 0.15) is 12.5 Å². The molecule has 7 nitrogen and oxygen atoms in total. The van der Waals surface area contributed by atoms with Crippen LogP contribution in [0.3, 0.4) is 0 Å². The van der Waals surface area contributed by atoms with E-state index in [1.807, 2.05) is 43.3 Å². The summed E-state index contributed by atoms with van der Waals surface area (Å²) in [5.74, 6) is 2.33. The number of hydrazone groups is 1. The van der Waals surface area contributed by atoms with E-state index in [0.29, 0.717) is 29.8 Å². The van der Waals surface area contributed by atoms with Crippen molar-refractivity contribution in [2.75, 3.05) is 26.3 Å². The van der Waals surface area contributed by atoms with E-state index < -0.39 is 0 Å². The third kappa shape index (κ3) is 3.65. The molecule has 1 aromatic heterocycles. The minimum Gasteiger partial charge on any atom is -0.493 e. The van der Waals surface area contributed by atoms with E-state index in [4.69, 9.17) is 14.2 Å². The molecule has 2 N–H and O–H groups in total. The first kappa shape index (κ1) is 16.6. The van der Waals surface area contributed by atoms with Crippen molar-refractivity contribution in [1.29, 1.82) is 0 Å². The standard InChI is InChI=1S/C18H20N4O3/c1-4-25-17-15(23-2)9-12(10-16(17)24-3)11-19-22-18-20-13-7-5-6-8-14(13)21-18/h5-11H,4H2,1-3H3,(H2,20,21,22)/b19-11-. The largest absolute Gasteiger partial charge is 0.493 e. The molecule has 2 aromatic carbocycles. The monoisotopic (exact) mass is 340 g/mol. The van der Waals surface area contributed by atoms with Gasteiger partial charge in [-0.05, 0) is 31.2 Å². The molecule has 3 aromatic rings. The van der Waals surface area contributed by atoms with Gasteiger partial charge >= 0.3 is 0 Å². The highest BCUT2D eigenvalue weighted by Gasteiger charge is 2.13. The molecule has 0 saturated carbocycles. The van der Waals surface area contributed by atoms with Crippen molar-refractivity contribution < 1.29 is 14.2 Å². The molecule has 0 aliphatic heterocycles. The van der Waals surface area contributed by atoms with Gasteiger partial charge in [-0.1, -0.05) is 12.1 Å². The molecule has 0 radical (unpaired) electrons. The van der Waals surface area contributed by atoms with Crippen molar-refractivity contribution in [3.05, 3.63) is 42.0 Å². The summed E-state index contributed by atoms with van der Waals surface area (Å²) >= 11 is 0. The van der Waals surface area contributed by atoms with Crippen LogP contribution >= 0.6 is 0 Å². The fourth-order valence-corrected chi connectivity index (χ4v) is 2.44. The number of nitrogens with zero attached hydrogens (tertiary/aromatic N) is 2. The highest BCUT2D eigenvalue weighted by molar-refractivity contribution is 5.83. The number of benzene rings is 2. The third-order valence-corrected chi connectivity index (χ3v) is 3.55. The second-order valence-electron chi connectivity index (χ2n) is 5.16. The van der Waals surface area contributed by atoms with Gasteiger partial charge in [-0.25, -0.2) is 10.4 Å². The van der Waals surface area contributed by atoms with Gasteiger partial charge in [0.1, 0.15) is 0 Å². The van der Waals surface area contributed by atoms with Crippen LogP contribution in [0, 0.1) is 0 Å². The topological polar surface area (TPSA) is 80.8 Å². The number of ether oxygens (including phenoxy) is 3. The van der Waals surface area contributed by atoms with Crippen LogP contribution in [0.15, 0.2) is 41.5 Å². The average Bonchev–Trinajstić information content (AvgIpc) is 3.05. The molecule has 3 rings (SSSR count). The lowest BCUT2D eigenvalue weighted by molar-refractivity contribution is 0.288. The molecule has 0 unspecified atom stereocenters. The molecule has 25 heavy (non-hydrogen) atoms. The normalized spacial score (nSPS) is 11.0. The lowest BCUT2D eigenvalue weighted by Crippen LogP contribution is -2.00. The number of fused-ring (bicyclic) bond motifs is 1. The molecule has 0 aliphatic rings. The SMILES string of the molecule is CCOc1c(OC)cc(/C=N\Nc2nc3ccccc3[nH]2)cc1OC. The van der Waals surface area contributed by atoms with Gasteiger partial charge in [-0.15, -0.1) is 0 Å². The Kier molecular flexibility index (Phi) is 5.03. The number of para-hydroxylation sites is 2. The minimum absolute atomic E-state index is 0.522. The number of hydrogen-bond donors (Lipinski definition) is 2. The van der Waals surface area contributed by atoms with Gasteiger partial charge < -0.3 is 19.2 Å². The Balaban J connectivity index is 1.80. The second kappa shape index (κ2) is 7.57. The number of H-pyrrole nitrogens is 1. The lowest BCUT2D eigenvalue weighted by Gasteiger charge is -2.14. The number of hydrogen-bond acceptors (Lipinski definition) is 6. The van der Waals surface area contributed by atoms with Crippen LogP contribution in [0.25, 0.3) is 11.0 Å². The van der Waals surface area contributed by atoms with Crippen molar-refractivity contribution in [1.82, 2.24) is 9.97 Å². The van der Waals surface area contributed by atoms with Gasteiger partial charge in [0.15, 0.2) is 11.5 Å². The molecule has 0 fully saturated rings. The van der Waals surface area contributed by atoms with Gasteiger partial charge in [0, 0.05) is 5.56 Å². The fourth-order valence-electron chi connectivity index (χ4n) is 2.44. The Hall–Kier alpha value is -3.22. The van der Waals surface area contributed by atoms with Crippen molar-refractivity contribution in [3.63, 3.8) is 0 Å². The Bertz CT molecular complexity index is 831. The number of anilines is 1. The van der Waals surface area contributed by atoms with E-state index in [9.17, 15) is 0 Å². The Labute approximate surface area is 145 Å². The molecule has 0 amide bonds. The summed E-state index contributed by atoms with van der Waals surface area (Å²) in [6.45, 7) is 2.43. The maximum absolute atomic E-state index is 5.59. The number of rotatable bonds is 7. The van der Waals surface area contributed by atoms with E-state index in [1.165, 1.54) is 0 Å². The molecule has 7 heteroatoms. The molecular formula is C18H20N4O3. The van der Waals surface area contributed by atoms with Gasteiger partial charge in [0.2, 0.25) is 11.7 Å². The first-order valence-corrected chi connectivity index (χ1v) is 7.87. The van der Waals surface area contributed by atoms with Crippen LogP contribution < -0.4 is 19.6 Å². The summed E-state index contributed by atoms with van der Waals surface area (Å²) in [4.78, 5) is 7.55. The predicted octanol–water partition coefficient (Wildman–Crippen LogP) is 3.42. The number of methoxy groups -OCH3 is 2. The molecule has 0 saturated heterocycles. The molecule has 0 spiro atoms. The number of aromatic nitrogens is 2. The van der Waals surface area contributed by atoms with Crippen molar-refractivity contribution in [2.45, 2.75) is 6.92 Å². The highest BCUT2D eigenvalue weighted by atomic mass is 16.5. The Morgan fingerprint density at radius 2 is 1.88 bits per heavy atom. The van der Waals surface area contributed by atoms with E-state index in [0.717, 1.165) is 16.6 Å². The first-order valence-electron chi connectivity index (χ1n) is 7.87. The Morgan fingerprint density at radius 3 is 2.52 bits per heavy atom. The van der Waals surface area contributed by atoms with Crippen LogP contribution in [0.5, 0.6) is 17.2 Å². The highest BCUT2D eigenvalue weighted by Crippen LogP contribution is 2.38.